The summed E-state index contributed by atoms with van der Waals surface area (Å²) in [6, 6.07) is -0.631. The molecule has 4 heteroatoms. The number of hydrogen-bond donors (Lipinski definition) is 3. The van der Waals surface area contributed by atoms with Gasteiger partial charge in [0.15, 0.2) is 0 Å². The number of allylic oxidation sites excluding steroid dienone is 7. The summed E-state index contributed by atoms with van der Waals surface area (Å²) < 4.78 is 0. The van der Waals surface area contributed by atoms with Crippen LogP contribution in [0.4, 0.5) is 0 Å². The zero-order chi connectivity index (χ0) is 40.0. The lowest BCUT2D eigenvalue weighted by Gasteiger charge is -2.20. The highest BCUT2D eigenvalue weighted by atomic mass is 16.3. The lowest BCUT2D eigenvalue weighted by Crippen LogP contribution is -2.45. The number of carbonyl (C=O) groups is 1. The smallest absolute Gasteiger partial charge is 0.220 e. The summed E-state index contributed by atoms with van der Waals surface area (Å²) in [7, 11) is 0. The van der Waals surface area contributed by atoms with E-state index in [1.54, 1.807) is 6.08 Å². The first-order valence-corrected chi connectivity index (χ1v) is 24.4. The summed E-state index contributed by atoms with van der Waals surface area (Å²) in [5.41, 5.74) is 0. The first-order chi connectivity index (χ1) is 27.2. The summed E-state index contributed by atoms with van der Waals surface area (Å²) in [5.74, 6) is -0.0754. The maximum Gasteiger partial charge on any atom is 0.220 e. The SMILES string of the molecule is CCCCCCC/C=C\C/C=C\C/C=C\CCCCCCCCC(=O)NC(CO)C(O)/C=C/CCCCCCCCCCCCCCCCCCCCCC. The van der Waals surface area contributed by atoms with E-state index in [9.17, 15) is 15.0 Å². The number of carbonyl (C=O) groups excluding carboxylic acids is 1. The molecule has 2 atom stereocenters. The van der Waals surface area contributed by atoms with Gasteiger partial charge in [-0.05, 0) is 57.8 Å². The highest BCUT2D eigenvalue weighted by molar-refractivity contribution is 5.76. The van der Waals surface area contributed by atoms with Crippen LogP contribution in [0.15, 0.2) is 48.6 Å². The number of aliphatic hydroxyl groups is 2. The third kappa shape index (κ3) is 43.3. The number of unbranched alkanes of at least 4 members (excludes halogenated alkanes) is 31. The Morgan fingerprint density at radius 3 is 1.11 bits per heavy atom. The number of amides is 1. The normalized spacial score (nSPS) is 13.3. The van der Waals surface area contributed by atoms with Gasteiger partial charge in [0.2, 0.25) is 5.91 Å². The molecule has 0 radical (unpaired) electrons. The molecular formula is C51H95NO3. The number of aliphatic hydroxyl groups excluding tert-OH is 2. The molecule has 0 aromatic heterocycles. The van der Waals surface area contributed by atoms with Crippen molar-refractivity contribution >= 4 is 5.91 Å². The van der Waals surface area contributed by atoms with Crippen molar-refractivity contribution in [3.8, 4) is 0 Å². The lowest BCUT2D eigenvalue weighted by atomic mass is 10.0. The molecule has 1 amide bonds. The standard InChI is InChI=1S/C51H95NO3/c1-3-5-7-9-11-13-15-17-19-21-23-25-27-28-30-32-34-36-38-40-42-44-46-50(54)49(48-53)52-51(55)47-45-43-41-39-37-35-33-31-29-26-24-22-20-18-16-14-12-10-8-6-4-2/h16,18,22,24,29,31,44,46,49-50,53-54H,3-15,17,19-21,23,25-28,30,32-43,45,47-48H2,1-2H3,(H,52,55)/b18-16-,24-22-,31-29-,46-44+. The Balaban J connectivity index is 3.58. The van der Waals surface area contributed by atoms with Gasteiger partial charge in [-0.15, -0.1) is 0 Å². The Labute approximate surface area is 344 Å². The van der Waals surface area contributed by atoms with Crippen molar-refractivity contribution < 1.29 is 15.0 Å². The maximum absolute atomic E-state index is 12.4. The third-order valence-corrected chi connectivity index (χ3v) is 11.1. The maximum atomic E-state index is 12.4. The van der Waals surface area contributed by atoms with Gasteiger partial charge in [0, 0.05) is 6.42 Å². The van der Waals surface area contributed by atoms with Crippen LogP contribution in [-0.2, 0) is 4.79 Å². The molecule has 0 saturated heterocycles. The predicted molar refractivity (Wildman–Crippen MR) is 244 cm³/mol. The fraction of sp³-hybridized carbons (Fsp3) is 0.824. The summed E-state index contributed by atoms with van der Waals surface area (Å²) in [6.45, 7) is 4.31. The quantitative estimate of drug-likeness (QED) is 0.0427. The first kappa shape index (κ1) is 53.4. The minimum Gasteiger partial charge on any atom is -0.394 e. The highest BCUT2D eigenvalue weighted by Gasteiger charge is 2.17. The van der Waals surface area contributed by atoms with E-state index in [2.05, 4.69) is 55.6 Å². The molecule has 0 aliphatic carbocycles. The second-order valence-electron chi connectivity index (χ2n) is 16.5. The van der Waals surface area contributed by atoms with Crippen LogP contribution >= 0.6 is 0 Å². The lowest BCUT2D eigenvalue weighted by molar-refractivity contribution is -0.123. The van der Waals surface area contributed by atoms with Gasteiger partial charge in [-0.2, -0.15) is 0 Å². The predicted octanol–water partition coefficient (Wildman–Crippen LogP) is 15.5. The molecule has 0 spiro atoms. The second kappa shape index (κ2) is 46.7. The largest absolute Gasteiger partial charge is 0.394 e. The molecule has 4 nitrogen and oxygen atoms in total. The molecule has 3 N–H and O–H groups in total. The van der Waals surface area contributed by atoms with Gasteiger partial charge in [-0.25, -0.2) is 0 Å². The minimum atomic E-state index is -0.846. The zero-order valence-electron chi connectivity index (χ0n) is 36.9. The zero-order valence-corrected chi connectivity index (χ0v) is 36.9. The van der Waals surface area contributed by atoms with Gasteiger partial charge in [0.1, 0.15) is 0 Å². The van der Waals surface area contributed by atoms with Crippen molar-refractivity contribution in [1.29, 1.82) is 0 Å². The minimum absolute atomic E-state index is 0.0754. The molecule has 0 bridgehead atoms. The molecule has 0 heterocycles. The molecule has 0 aliphatic heterocycles. The van der Waals surface area contributed by atoms with E-state index in [-0.39, 0.29) is 12.5 Å². The molecule has 2 unspecified atom stereocenters. The van der Waals surface area contributed by atoms with Crippen LogP contribution in [0.3, 0.4) is 0 Å². The Morgan fingerprint density at radius 2 is 0.745 bits per heavy atom. The average Bonchev–Trinajstić information content (AvgIpc) is 3.19. The fourth-order valence-electron chi connectivity index (χ4n) is 7.30. The number of hydrogen-bond acceptors (Lipinski definition) is 3. The van der Waals surface area contributed by atoms with Crippen LogP contribution in [-0.4, -0.2) is 34.9 Å². The van der Waals surface area contributed by atoms with E-state index in [4.69, 9.17) is 0 Å². The van der Waals surface area contributed by atoms with Crippen LogP contribution in [0.1, 0.15) is 251 Å². The molecule has 0 rings (SSSR count). The Hall–Kier alpha value is -1.65. The Bertz CT molecular complexity index is 877. The van der Waals surface area contributed by atoms with Gasteiger partial charge in [-0.1, -0.05) is 236 Å². The molecule has 0 fully saturated rings. The van der Waals surface area contributed by atoms with E-state index in [0.717, 1.165) is 51.4 Å². The Kier molecular flexibility index (Phi) is 45.3. The fourth-order valence-corrected chi connectivity index (χ4v) is 7.30. The van der Waals surface area contributed by atoms with E-state index in [0.29, 0.717) is 6.42 Å². The van der Waals surface area contributed by atoms with Crippen LogP contribution in [0.5, 0.6) is 0 Å². The van der Waals surface area contributed by atoms with Gasteiger partial charge in [0.05, 0.1) is 18.8 Å². The topological polar surface area (TPSA) is 69.6 Å². The molecule has 0 saturated carbocycles. The monoisotopic (exact) mass is 770 g/mol. The van der Waals surface area contributed by atoms with Crippen molar-refractivity contribution in [2.75, 3.05) is 6.61 Å². The van der Waals surface area contributed by atoms with Gasteiger partial charge >= 0.3 is 0 Å². The van der Waals surface area contributed by atoms with E-state index in [1.165, 1.54) is 180 Å². The van der Waals surface area contributed by atoms with E-state index < -0.39 is 12.1 Å². The summed E-state index contributed by atoms with van der Waals surface area (Å²) in [5, 5.41) is 23.1. The highest BCUT2D eigenvalue weighted by Crippen LogP contribution is 2.16. The van der Waals surface area contributed by atoms with Gasteiger partial charge < -0.3 is 15.5 Å². The summed E-state index contributed by atoms with van der Waals surface area (Å²) >= 11 is 0. The van der Waals surface area contributed by atoms with Crippen molar-refractivity contribution in [2.45, 2.75) is 264 Å². The number of rotatable bonds is 44. The Morgan fingerprint density at radius 1 is 0.436 bits per heavy atom. The molecule has 0 aromatic carbocycles. The van der Waals surface area contributed by atoms with Gasteiger partial charge in [0.25, 0.3) is 0 Å². The van der Waals surface area contributed by atoms with Crippen LogP contribution in [0.25, 0.3) is 0 Å². The van der Waals surface area contributed by atoms with E-state index >= 15 is 0 Å². The van der Waals surface area contributed by atoms with Crippen molar-refractivity contribution in [3.63, 3.8) is 0 Å². The third-order valence-electron chi connectivity index (χ3n) is 11.1. The molecule has 55 heavy (non-hydrogen) atoms. The second-order valence-corrected chi connectivity index (χ2v) is 16.5. The van der Waals surface area contributed by atoms with Crippen molar-refractivity contribution in [1.82, 2.24) is 5.32 Å². The molecule has 0 aromatic rings. The van der Waals surface area contributed by atoms with Crippen LogP contribution in [0.2, 0.25) is 0 Å². The van der Waals surface area contributed by atoms with E-state index in [1.807, 2.05) is 6.08 Å². The van der Waals surface area contributed by atoms with Crippen LogP contribution < -0.4 is 5.32 Å². The first-order valence-electron chi connectivity index (χ1n) is 24.4. The number of nitrogens with one attached hydrogen (secondary N) is 1. The molecule has 322 valence electrons. The van der Waals surface area contributed by atoms with Crippen LogP contribution in [0, 0.1) is 0 Å². The summed E-state index contributed by atoms with van der Waals surface area (Å²) in [6.07, 6.45) is 63.7. The van der Waals surface area contributed by atoms with Gasteiger partial charge in [-0.3, -0.25) is 4.79 Å². The molecular weight excluding hydrogens is 675 g/mol. The summed E-state index contributed by atoms with van der Waals surface area (Å²) in [4.78, 5) is 12.4. The van der Waals surface area contributed by atoms with Crippen molar-refractivity contribution in [2.24, 2.45) is 0 Å². The van der Waals surface area contributed by atoms with Crippen molar-refractivity contribution in [3.05, 3.63) is 48.6 Å². The molecule has 0 aliphatic rings. The average molecular weight is 770 g/mol.